The number of Topliss-reactive ketones (excluding diaryl/α,β-unsaturated/α-hetero) is 1. The number of ketones is 1. The van der Waals surface area contributed by atoms with Gasteiger partial charge in [0, 0.05) is 25.3 Å². The van der Waals surface area contributed by atoms with Crippen molar-refractivity contribution in [1.29, 1.82) is 0 Å². The number of carbonyl (C=O) groups excluding carboxylic acids is 4. The predicted octanol–water partition coefficient (Wildman–Crippen LogP) is 8.22. The molecule has 312 valence electrons. The molecule has 0 aliphatic heterocycles. The van der Waals surface area contributed by atoms with Gasteiger partial charge in [-0.3, -0.25) is 4.79 Å². The molecular weight excluding hydrogens is 779 g/mol. The van der Waals surface area contributed by atoms with E-state index < -0.39 is 58.7 Å². The molecule has 3 rings (SSSR count). The number of aliphatic hydroxyl groups excluding tert-OH is 1. The quantitative estimate of drug-likeness (QED) is 0.0557. The first-order chi connectivity index (χ1) is 25.5. The zero-order valence-electron chi connectivity index (χ0n) is 29.8. The summed E-state index contributed by atoms with van der Waals surface area (Å²) in [4.78, 5) is 43.4. The van der Waals surface area contributed by atoms with Crippen molar-refractivity contribution in [3.63, 3.8) is 0 Å². The average molecular weight is 819 g/mol. The number of hydrogen-bond acceptors (Lipinski definition) is 11. The molecule has 56 heavy (non-hydrogen) atoms. The highest BCUT2D eigenvalue weighted by atomic mass is 19.4. The number of aliphatic hydroxyl groups is 1. The van der Waals surface area contributed by atoms with Crippen LogP contribution in [0.3, 0.4) is 0 Å². The van der Waals surface area contributed by atoms with E-state index in [1.54, 1.807) is 0 Å². The van der Waals surface area contributed by atoms with Crippen LogP contribution in [0.5, 0.6) is 0 Å². The second-order valence-electron chi connectivity index (χ2n) is 9.96. The Bertz CT molecular complexity index is 1680. The van der Waals surface area contributed by atoms with E-state index in [-0.39, 0.29) is 49.1 Å². The molecule has 11 nitrogen and oxygen atoms in total. The SMILES string of the molecule is C.COC(=O)C(OC)=C(O)c1ccc(C(F)(F)F)cc1.COC(=O)c1ccc(C(F)(F)F)cc1.COCC(=O)OC.COCC(=O)c1ccc(C(F)(F)F)cc1. The highest BCUT2D eigenvalue weighted by molar-refractivity contribution is 5.97. The van der Waals surface area contributed by atoms with Crippen LogP contribution in [0.4, 0.5) is 39.5 Å². The lowest BCUT2D eigenvalue weighted by Crippen LogP contribution is -2.10. The summed E-state index contributed by atoms with van der Waals surface area (Å²) in [5.74, 6) is -3.35. The molecule has 20 heteroatoms. The average Bonchev–Trinajstić information content (AvgIpc) is 3.14. The van der Waals surface area contributed by atoms with E-state index >= 15 is 0 Å². The van der Waals surface area contributed by atoms with Crippen molar-refractivity contribution in [2.45, 2.75) is 26.0 Å². The number of methoxy groups -OCH3 is 6. The van der Waals surface area contributed by atoms with Gasteiger partial charge in [0.15, 0.2) is 11.5 Å². The van der Waals surface area contributed by atoms with E-state index in [0.29, 0.717) is 0 Å². The normalized spacial score (nSPS) is 11.2. The molecule has 0 amide bonds. The Hall–Kier alpha value is -5.63. The molecule has 0 aromatic heterocycles. The minimum absolute atomic E-state index is 0. The molecular formula is C36H39F9O11. The number of rotatable bonds is 9. The predicted molar refractivity (Wildman–Crippen MR) is 181 cm³/mol. The Morgan fingerprint density at radius 1 is 0.500 bits per heavy atom. The molecule has 3 aromatic carbocycles. The maximum absolute atomic E-state index is 12.4. The van der Waals surface area contributed by atoms with Crippen LogP contribution in [0.1, 0.15) is 50.4 Å². The maximum Gasteiger partial charge on any atom is 0.416 e. The fourth-order valence-corrected chi connectivity index (χ4v) is 3.47. The second kappa shape index (κ2) is 24.7. The van der Waals surface area contributed by atoms with Gasteiger partial charge in [0.1, 0.15) is 13.2 Å². The van der Waals surface area contributed by atoms with Crippen LogP contribution in [0, 0.1) is 0 Å². The molecule has 0 bridgehead atoms. The zero-order chi connectivity index (χ0) is 42.6. The first-order valence-electron chi connectivity index (χ1n) is 14.8. The monoisotopic (exact) mass is 818 g/mol. The van der Waals surface area contributed by atoms with Crippen LogP contribution in [0.15, 0.2) is 78.6 Å². The van der Waals surface area contributed by atoms with Crippen LogP contribution < -0.4 is 0 Å². The first-order valence-corrected chi connectivity index (χ1v) is 14.8. The number of esters is 3. The minimum atomic E-state index is -4.47. The van der Waals surface area contributed by atoms with Gasteiger partial charge in [-0.05, 0) is 48.5 Å². The highest BCUT2D eigenvalue weighted by Gasteiger charge is 2.32. The van der Waals surface area contributed by atoms with E-state index in [1.165, 1.54) is 28.4 Å². The summed E-state index contributed by atoms with van der Waals surface area (Å²) < 4.78 is 136. The van der Waals surface area contributed by atoms with Gasteiger partial charge in [0.25, 0.3) is 0 Å². The standard InChI is InChI=1S/C12H11F3O4.C10H9F3O2.C9H7F3O2.C4H8O3.CH4/c1-18-10(11(17)19-2)9(16)7-3-5-8(6-4-7)12(13,14)15;1-15-6-9(14)7-2-4-8(5-3-7)10(11,12)13;1-14-8(13)6-2-4-7(5-3-6)9(10,11)12;1-6-3-4(5)7-2;/h3-6,16H,1-2H3;2-5H,6H2,1H3;2-5H,1H3;3H2,1-2H3;1H4. The zero-order valence-corrected chi connectivity index (χ0v) is 29.8. The third kappa shape index (κ3) is 18.6. The Balaban J connectivity index is 0. The van der Waals surface area contributed by atoms with Crippen LogP contribution in [-0.2, 0) is 56.5 Å². The molecule has 0 saturated carbocycles. The number of ether oxygens (including phenoxy) is 6. The van der Waals surface area contributed by atoms with Crippen LogP contribution >= 0.6 is 0 Å². The maximum atomic E-state index is 12.4. The van der Waals surface area contributed by atoms with Crippen molar-refractivity contribution in [3.8, 4) is 0 Å². The molecule has 0 aliphatic carbocycles. The number of halogens is 9. The van der Waals surface area contributed by atoms with Crippen molar-refractivity contribution in [1.82, 2.24) is 0 Å². The van der Waals surface area contributed by atoms with Gasteiger partial charge in [-0.2, -0.15) is 39.5 Å². The lowest BCUT2D eigenvalue weighted by molar-refractivity contribution is -0.145. The van der Waals surface area contributed by atoms with E-state index in [1.807, 2.05) is 0 Å². The Morgan fingerprint density at radius 3 is 1.12 bits per heavy atom. The second-order valence-corrected chi connectivity index (χ2v) is 9.96. The third-order valence-electron chi connectivity index (χ3n) is 6.21. The van der Waals surface area contributed by atoms with Crippen LogP contribution in [0.2, 0.25) is 0 Å². The Morgan fingerprint density at radius 2 is 0.857 bits per heavy atom. The molecule has 0 atom stereocenters. The van der Waals surface area contributed by atoms with E-state index in [9.17, 15) is 63.8 Å². The minimum Gasteiger partial charge on any atom is -0.504 e. The Labute approximate surface area is 315 Å². The third-order valence-corrected chi connectivity index (χ3v) is 6.21. The summed E-state index contributed by atoms with van der Waals surface area (Å²) in [6, 6.07) is 11.5. The molecule has 3 aromatic rings. The van der Waals surface area contributed by atoms with Gasteiger partial charge in [-0.25, -0.2) is 14.4 Å². The number of hydrogen-bond donors (Lipinski definition) is 1. The topological polar surface area (TPSA) is 144 Å². The molecule has 0 unspecified atom stereocenters. The summed E-state index contributed by atoms with van der Waals surface area (Å²) in [6.45, 7) is -0.0954. The van der Waals surface area contributed by atoms with Crippen molar-refractivity contribution in [3.05, 3.63) is 112 Å². The summed E-state index contributed by atoms with van der Waals surface area (Å²) in [7, 11) is 7.49. The van der Waals surface area contributed by atoms with Crippen molar-refractivity contribution in [2.24, 2.45) is 0 Å². The molecule has 0 fully saturated rings. The van der Waals surface area contributed by atoms with Crippen LogP contribution in [-0.4, -0.2) is 84.7 Å². The lowest BCUT2D eigenvalue weighted by atomic mass is 10.1. The molecule has 0 radical (unpaired) electrons. The van der Waals surface area contributed by atoms with Gasteiger partial charge >= 0.3 is 36.4 Å². The van der Waals surface area contributed by atoms with Crippen LogP contribution in [0.25, 0.3) is 5.76 Å². The van der Waals surface area contributed by atoms with Gasteiger partial charge in [-0.15, -0.1) is 0 Å². The van der Waals surface area contributed by atoms with Gasteiger partial charge in [-0.1, -0.05) is 31.7 Å². The van der Waals surface area contributed by atoms with E-state index in [2.05, 4.69) is 28.4 Å². The number of benzene rings is 3. The van der Waals surface area contributed by atoms with E-state index in [0.717, 1.165) is 87.0 Å². The molecule has 0 spiro atoms. The van der Waals surface area contributed by atoms with Crippen molar-refractivity contribution < 1.29 is 92.2 Å². The molecule has 0 aliphatic rings. The van der Waals surface area contributed by atoms with Gasteiger partial charge in [0.2, 0.25) is 5.76 Å². The summed E-state index contributed by atoms with van der Waals surface area (Å²) in [5.41, 5.74) is -2.09. The van der Waals surface area contributed by atoms with Crippen molar-refractivity contribution in [2.75, 3.05) is 55.9 Å². The molecule has 0 heterocycles. The summed E-state index contributed by atoms with van der Waals surface area (Å²) >= 11 is 0. The number of carbonyl (C=O) groups is 4. The number of alkyl halides is 9. The first kappa shape index (κ1) is 52.5. The van der Waals surface area contributed by atoms with Gasteiger partial charge in [0.05, 0.1) is 50.7 Å². The molecule has 0 saturated heterocycles. The molecule has 1 N–H and O–H groups in total. The smallest absolute Gasteiger partial charge is 0.416 e. The Kier molecular flexibility index (Phi) is 23.2. The summed E-state index contributed by atoms with van der Waals surface area (Å²) in [5, 5.41) is 9.75. The van der Waals surface area contributed by atoms with Gasteiger partial charge < -0.3 is 33.5 Å². The largest absolute Gasteiger partial charge is 0.504 e. The fraction of sp³-hybridized carbons (Fsp3) is 0.333. The summed E-state index contributed by atoms with van der Waals surface area (Å²) in [6.07, 6.45) is -13.2. The highest BCUT2D eigenvalue weighted by Crippen LogP contribution is 2.31. The van der Waals surface area contributed by atoms with Crippen molar-refractivity contribution >= 4 is 29.5 Å². The fourth-order valence-electron chi connectivity index (χ4n) is 3.47. The lowest BCUT2D eigenvalue weighted by Gasteiger charge is -2.09. The van der Waals surface area contributed by atoms with E-state index in [4.69, 9.17) is 0 Å².